The second-order valence-electron chi connectivity index (χ2n) is 4.60. The Kier molecular flexibility index (Phi) is 6.33. The first kappa shape index (κ1) is 15.6. The minimum atomic E-state index is -0.0677. The highest BCUT2D eigenvalue weighted by molar-refractivity contribution is 5.24. The molecule has 0 aliphatic heterocycles. The maximum atomic E-state index is 5.83. The molecule has 6 heteroatoms. The summed E-state index contributed by atoms with van der Waals surface area (Å²) in [6, 6.07) is 9.93. The zero-order valence-corrected chi connectivity index (χ0v) is 12.2. The Morgan fingerprint density at radius 3 is 2.71 bits per heavy atom. The minimum absolute atomic E-state index is 0.0677. The Morgan fingerprint density at radius 2 is 2.00 bits per heavy atom. The monoisotopic (exact) mass is 291 g/mol. The summed E-state index contributed by atoms with van der Waals surface area (Å²) in [6.07, 6.45) is 0.610. The summed E-state index contributed by atoms with van der Waals surface area (Å²) in [5.41, 5.74) is 6.91. The van der Waals surface area contributed by atoms with Gasteiger partial charge >= 0.3 is 0 Å². The van der Waals surface area contributed by atoms with Crippen LogP contribution < -0.4 is 5.73 Å². The average Bonchev–Trinajstić information content (AvgIpc) is 2.98. The third kappa shape index (κ3) is 4.63. The predicted molar refractivity (Wildman–Crippen MR) is 78.0 cm³/mol. The molecule has 0 amide bonds. The molecule has 0 radical (unpaired) electrons. The van der Waals surface area contributed by atoms with Crippen LogP contribution in [-0.2, 0) is 15.9 Å². The van der Waals surface area contributed by atoms with Crippen molar-refractivity contribution in [3.05, 3.63) is 47.6 Å². The fourth-order valence-corrected chi connectivity index (χ4v) is 1.98. The van der Waals surface area contributed by atoms with Crippen molar-refractivity contribution < 1.29 is 14.0 Å². The smallest absolute Gasteiger partial charge is 0.235 e. The van der Waals surface area contributed by atoms with Crippen LogP contribution in [0.25, 0.3) is 0 Å². The number of nitrogens with zero attached hydrogens (tertiary/aromatic N) is 2. The third-order valence-corrected chi connectivity index (χ3v) is 3.12. The molecule has 0 saturated heterocycles. The maximum absolute atomic E-state index is 5.83. The van der Waals surface area contributed by atoms with Gasteiger partial charge in [0.05, 0.1) is 25.7 Å². The van der Waals surface area contributed by atoms with Crippen LogP contribution >= 0.6 is 0 Å². The number of benzene rings is 1. The zero-order chi connectivity index (χ0) is 14.9. The van der Waals surface area contributed by atoms with Gasteiger partial charge in [-0.15, -0.1) is 0 Å². The van der Waals surface area contributed by atoms with Crippen molar-refractivity contribution in [2.45, 2.75) is 12.3 Å². The molecule has 1 aromatic carbocycles. The van der Waals surface area contributed by atoms with Gasteiger partial charge in [-0.25, -0.2) is 0 Å². The van der Waals surface area contributed by atoms with Crippen LogP contribution in [0.4, 0.5) is 0 Å². The van der Waals surface area contributed by atoms with Gasteiger partial charge in [0.2, 0.25) is 5.89 Å². The van der Waals surface area contributed by atoms with Crippen molar-refractivity contribution in [3.8, 4) is 0 Å². The van der Waals surface area contributed by atoms with Crippen LogP contribution in [0.5, 0.6) is 0 Å². The summed E-state index contributed by atoms with van der Waals surface area (Å²) in [6.45, 7) is 2.12. The molecule has 1 atom stereocenters. The van der Waals surface area contributed by atoms with Gasteiger partial charge in [-0.3, -0.25) is 0 Å². The lowest BCUT2D eigenvalue weighted by atomic mass is 9.99. The van der Waals surface area contributed by atoms with Gasteiger partial charge in [-0.05, 0) is 5.56 Å². The summed E-state index contributed by atoms with van der Waals surface area (Å²) in [5, 5.41) is 3.98. The minimum Gasteiger partial charge on any atom is -0.382 e. The van der Waals surface area contributed by atoms with Crippen molar-refractivity contribution in [2.24, 2.45) is 5.73 Å². The van der Waals surface area contributed by atoms with E-state index in [1.807, 2.05) is 30.3 Å². The molecule has 1 aromatic heterocycles. The Morgan fingerprint density at radius 1 is 1.19 bits per heavy atom. The number of ether oxygens (including phenoxy) is 2. The largest absolute Gasteiger partial charge is 0.382 e. The Balaban J connectivity index is 1.92. The predicted octanol–water partition coefficient (Wildman–Crippen LogP) is 1.37. The molecular formula is C15H21N3O3. The van der Waals surface area contributed by atoms with Gasteiger partial charge in [0.15, 0.2) is 5.82 Å². The van der Waals surface area contributed by atoms with Gasteiger partial charge in [-0.1, -0.05) is 35.5 Å². The molecule has 0 saturated carbocycles. The van der Waals surface area contributed by atoms with Crippen LogP contribution in [0.1, 0.15) is 23.2 Å². The Hall–Kier alpha value is -1.76. The zero-order valence-electron chi connectivity index (χ0n) is 12.2. The SMILES string of the molecule is COCCOCCc1noc(C(CN)c2ccccc2)n1. The van der Waals surface area contributed by atoms with Crippen molar-refractivity contribution in [3.63, 3.8) is 0 Å². The maximum Gasteiger partial charge on any atom is 0.235 e. The molecule has 114 valence electrons. The Labute approximate surface area is 124 Å². The molecule has 0 spiro atoms. The van der Waals surface area contributed by atoms with Crippen molar-refractivity contribution in [1.29, 1.82) is 0 Å². The van der Waals surface area contributed by atoms with E-state index in [1.54, 1.807) is 7.11 Å². The Bertz CT molecular complexity index is 516. The number of methoxy groups -OCH3 is 1. The molecule has 21 heavy (non-hydrogen) atoms. The first-order valence-corrected chi connectivity index (χ1v) is 6.99. The van der Waals surface area contributed by atoms with Crippen molar-refractivity contribution >= 4 is 0 Å². The highest BCUT2D eigenvalue weighted by Gasteiger charge is 2.19. The number of hydrogen-bond donors (Lipinski definition) is 1. The summed E-state index contributed by atoms with van der Waals surface area (Å²) in [7, 11) is 1.64. The van der Waals surface area contributed by atoms with E-state index in [1.165, 1.54) is 0 Å². The fraction of sp³-hybridized carbons (Fsp3) is 0.467. The van der Waals surface area contributed by atoms with E-state index in [0.717, 1.165) is 5.56 Å². The topological polar surface area (TPSA) is 83.4 Å². The highest BCUT2D eigenvalue weighted by Crippen LogP contribution is 2.21. The van der Waals surface area contributed by atoms with E-state index in [2.05, 4.69) is 10.1 Å². The van der Waals surface area contributed by atoms with Crippen molar-refractivity contribution in [2.75, 3.05) is 33.5 Å². The molecule has 2 N–H and O–H groups in total. The molecule has 0 bridgehead atoms. The van der Waals surface area contributed by atoms with Gasteiger partial charge in [0, 0.05) is 20.1 Å². The molecule has 1 unspecified atom stereocenters. The van der Waals surface area contributed by atoms with Crippen LogP contribution in [0, 0.1) is 0 Å². The van der Waals surface area contributed by atoms with Gasteiger partial charge in [0.25, 0.3) is 0 Å². The lowest BCUT2D eigenvalue weighted by molar-refractivity contribution is 0.0714. The van der Waals surface area contributed by atoms with E-state index < -0.39 is 0 Å². The van der Waals surface area contributed by atoms with E-state index in [-0.39, 0.29) is 5.92 Å². The molecule has 1 heterocycles. The second-order valence-corrected chi connectivity index (χ2v) is 4.60. The molecule has 0 aliphatic rings. The summed E-state index contributed by atoms with van der Waals surface area (Å²) in [4.78, 5) is 4.41. The van der Waals surface area contributed by atoms with Gasteiger partial charge in [-0.2, -0.15) is 4.98 Å². The third-order valence-electron chi connectivity index (χ3n) is 3.12. The number of rotatable bonds is 9. The summed E-state index contributed by atoms with van der Waals surface area (Å²) in [5.74, 6) is 1.12. The number of hydrogen-bond acceptors (Lipinski definition) is 6. The number of nitrogens with two attached hydrogens (primary N) is 1. The van der Waals surface area contributed by atoms with E-state index >= 15 is 0 Å². The highest BCUT2D eigenvalue weighted by atomic mass is 16.5. The lowest BCUT2D eigenvalue weighted by Crippen LogP contribution is -2.14. The van der Waals surface area contributed by atoms with E-state index in [4.69, 9.17) is 19.7 Å². The fourth-order valence-electron chi connectivity index (χ4n) is 1.98. The molecule has 2 aromatic rings. The molecule has 0 fully saturated rings. The summed E-state index contributed by atoms with van der Waals surface area (Å²) < 4.78 is 15.6. The quantitative estimate of drug-likeness (QED) is 0.702. The second kappa shape index (κ2) is 8.51. The van der Waals surface area contributed by atoms with E-state index in [9.17, 15) is 0 Å². The van der Waals surface area contributed by atoms with E-state index in [0.29, 0.717) is 44.5 Å². The standard InChI is InChI=1S/C15H21N3O3/c1-19-9-10-20-8-7-14-17-15(21-18-14)13(11-16)12-5-3-2-4-6-12/h2-6,13H,7-11,16H2,1H3. The molecule has 2 rings (SSSR count). The van der Waals surface area contributed by atoms with Crippen LogP contribution in [0.3, 0.4) is 0 Å². The normalized spacial score (nSPS) is 12.5. The van der Waals surface area contributed by atoms with Crippen LogP contribution in [-0.4, -0.2) is 43.6 Å². The molecular weight excluding hydrogens is 270 g/mol. The van der Waals surface area contributed by atoms with Gasteiger partial charge < -0.3 is 19.7 Å². The van der Waals surface area contributed by atoms with Crippen LogP contribution in [0.2, 0.25) is 0 Å². The summed E-state index contributed by atoms with van der Waals surface area (Å²) >= 11 is 0. The lowest BCUT2D eigenvalue weighted by Gasteiger charge is -2.09. The first-order chi connectivity index (χ1) is 10.3. The average molecular weight is 291 g/mol. The molecule has 6 nitrogen and oxygen atoms in total. The van der Waals surface area contributed by atoms with Crippen molar-refractivity contribution in [1.82, 2.24) is 10.1 Å². The molecule has 0 aliphatic carbocycles. The number of aromatic nitrogens is 2. The first-order valence-electron chi connectivity index (χ1n) is 6.99. The van der Waals surface area contributed by atoms with Crippen LogP contribution in [0.15, 0.2) is 34.9 Å². The van der Waals surface area contributed by atoms with Gasteiger partial charge in [0.1, 0.15) is 0 Å².